The molecule has 22 heavy (non-hydrogen) atoms. The Kier molecular flexibility index (Phi) is 4.11. The number of urea groups is 1. The second-order valence-electron chi connectivity index (χ2n) is 5.09. The van der Waals surface area contributed by atoms with Crippen molar-refractivity contribution < 1.29 is 14.5 Å². The minimum atomic E-state index is -0.870. The van der Waals surface area contributed by atoms with E-state index < -0.39 is 17.0 Å². The van der Waals surface area contributed by atoms with Crippen LogP contribution in [0.2, 0.25) is 0 Å². The molecular weight excluding hydrogens is 288 g/mol. The molecule has 1 atom stereocenters. The largest absolute Gasteiger partial charge is 0.345 e. The average Bonchev–Trinajstić information content (AvgIpc) is 2.45. The summed E-state index contributed by atoms with van der Waals surface area (Å²) in [7, 11) is 3.16. The van der Waals surface area contributed by atoms with Crippen LogP contribution < -0.4 is 10.6 Å². The number of rotatable bonds is 3. The number of carbonyl (C=O) groups is 2. The first-order valence-corrected chi connectivity index (χ1v) is 6.56. The fourth-order valence-corrected chi connectivity index (χ4v) is 2.35. The van der Waals surface area contributed by atoms with E-state index in [9.17, 15) is 19.7 Å². The van der Waals surface area contributed by atoms with Crippen LogP contribution in [-0.4, -0.2) is 35.9 Å². The fraction of sp³-hybridized carbons (Fsp3) is 0.286. The van der Waals surface area contributed by atoms with Gasteiger partial charge in [0.1, 0.15) is 0 Å². The van der Waals surface area contributed by atoms with Gasteiger partial charge in [0, 0.05) is 25.9 Å². The van der Waals surface area contributed by atoms with Crippen molar-refractivity contribution in [2.45, 2.75) is 13.0 Å². The van der Waals surface area contributed by atoms with Crippen LogP contribution >= 0.6 is 0 Å². The molecule has 8 nitrogen and oxygen atoms in total. The molecule has 2 N–H and O–H groups in total. The van der Waals surface area contributed by atoms with E-state index in [1.54, 1.807) is 27.1 Å². The summed E-state index contributed by atoms with van der Waals surface area (Å²) < 4.78 is 0. The molecule has 0 spiro atoms. The average molecular weight is 304 g/mol. The lowest BCUT2D eigenvalue weighted by molar-refractivity contribution is -0.385. The summed E-state index contributed by atoms with van der Waals surface area (Å²) in [5, 5.41) is 16.3. The topological polar surface area (TPSA) is 105 Å². The first-order chi connectivity index (χ1) is 10.3. The summed E-state index contributed by atoms with van der Waals surface area (Å²) in [6.45, 7) is 1.59. The second-order valence-corrected chi connectivity index (χ2v) is 5.09. The highest BCUT2D eigenvalue weighted by Gasteiger charge is 2.35. The van der Waals surface area contributed by atoms with E-state index in [-0.39, 0.29) is 22.7 Å². The van der Waals surface area contributed by atoms with Crippen LogP contribution in [0.15, 0.2) is 35.5 Å². The van der Waals surface area contributed by atoms with Gasteiger partial charge in [0.2, 0.25) is 0 Å². The molecular formula is C14H16N4O4. The van der Waals surface area contributed by atoms with Gasteiger partial charge in [-0.25, -0.2) is 4.79 Å². The summed E-state index contributed by atoms with van der Waals surface area (Å²) in [4.78, 5) is 36.1. The zero-order valence-electron chi connectivity index (χ0n) is 12.4. The summed E-state index contributed by atoms with van der Waals surface area (Å²) in [6.07, 6.45) is 0. The first-order valence-electron chi connectivity index (χ1n) is 6.56. The molecule has 1 heterocycles. The molecule has 1 aromatic carbocycles. The van der Waals surface area contributed by atoms with E-state index in [1.807, 2.05) is 0 Å². The number of allylic oxidation sites excluding steroid dienone is 1. The molecule has 0 saturated heterocycles. The molecule has 116 valence electrons. The molecule has 2 rings (SSSR count). The lowest BCUT2D eigenvalue weighted by Crippen LogP contribution is -2.46. The van der Waals surface area contributed by atoms with Crippen LogP contribution in [-0.2, 0) is 4.79 Å². The zero-order chi connectivity index (χ0) is 16.4. The van der Waals surface area contributed by atoms with Crippen molar-refractivity contribution >= 4 is 17.6 Å². The highest BCUT2D eigenvalue weighted by molar-refractivity contribution is 5.98. The Morgan fingerprint density at radius 3 is 2.55 bits per heavy atom. The molecule has 1 aliphatic rings. The number of benzene rings is 1. The number of para-hydroxylation sites is 1. The van der Waals surface area contributed by atoms with Crippen molar-refractivity contribution in [3.63, 3.8) is 0 Å². The number of nitrogens with zero attached hydrogens (tertiary/aromatic N) is 2. The Hall–Kier alpha value is -2.90. The number of nitro benzene ring substituents is 1. The zero-order valence-corrected chi connectivity index (χ0v) is 12.4. The Balaban J connectivity index is 2.61. The number of hydrogen-bond donors (Lipinski definition) is 2. The Morgan fingerprint density at radius 1 is 1.32 bits per heavy atom. The second kappa shape index (κ2) is 5.84. The molecule has 0 bridgehead atoms. The van der Waals surface area contributed by atoms with E-state index in [1.165, 1.54) is 23.1 Å². The van der Waals surface area contributed by atoms with Crippen molar-refractivity contribution in [1.82, 2.24) is 15.5 Å². The molecule has 8 heteroatoms. The third kappa shape index (κ3) is 2.76. The Labute approximate surface area is 126 Å². The minimum Gasteiger partial charge on any atom is -0.345 e. The van der Waals surface area contributed by atoms with Crippen molar-refractivity contribution in [2.24, 2.45) is 0 Å². The van der Waals surface area contributed by atoms with Gasteiger partial charge in [-0.1, -0.05) is 12.1 Å². The van der Waals surface area contributed by atoms with Crippen LogP contribution in [0.4, 0.5) is 10.5 Å². The third-order valence-electron chi connectivity index (χ3n) is 3.35. The maximum absolute atomic E-state index is 12.4. The molecule has 1 aliphatic heterocycles. The van der Waals surface area contributed by atoms with Crippen molar-refractivity contribution in [3.05, 3.63) is 51.2 Å². The Morgan fingerprint density at radius 2 is 1.95 bits per heavy atom. The normalized spacial score (nSPS) is 17.6. The standard InChI is InChI=1S/C14H16N4O4/c1-8-11(13(19)17(2)3)12(16-14(20)15-8)9-6-4-5-7-10(9)18(21)22/h4-7,12H,1-3H3,(H2,15,16,20). The maximum Gasteiger partial charge on any atom is 0.319 e. The number of nitrogens with one attached hydrogen (secondary N) is 2. The lowest BCUT2D eigenvalue weighted by atomic mass is 9.93. The van der Waals surface area contributed by atoms with Crippen molar-refractivity contribution in [2.75, 3.05) is 14.1 Å². The van der Waals surface area contributed by atoms with Crippen molar-refractivity contribution in [3.8, 4) is 0 Å². The number of likely N-dealkylation sites (N-methyl/N-ethyl adjacent to an activating group) is 1. The van der Waals surface area contributed by atoms with Crippen LogP contribution in [0.25, 0.3) is 0 Å². The van der Waals surface area contributed by atoms with E-state index in [0.717, 1.165) is 0 Å². The summed E-state index contributed by atoms with van der Waals surface area (Å²) in [6, 6.07) is 4.67. The summed E-state index contributed by atoms with van der Waals surface area (Å²) in [5.74, 6) is -0.326. The quantitative estimate of drug-likeness (QED) is 0.649. The smallest absolute Gasteiger partial charge is 0.319 e. The monoisotopic (exact) mass is 304 g/mol. The predicted octanol–water partition coefficient (Wildman–Crippen LogP) is 1.31. The van der Waals surface area contributed by atoms with E-state index >= 15 is 0 Å². The third-order valence-corrected chi connectivity index (χ3v) is 3.35. The van der Waals surface area contributed by atoms with Crippen LogP contribution in [0, 0.1) is 10.1 Å². The van der Waals surface area contributed by atoms with E-state index in [0.29, 0.717) is 5.70 Å². The Bertz CT molecular complexity index is 681. The van der Waals surface area contributed by atoms with Gasteiger partial charge in [-0.2, -0.15) is 0 Å². The summed E-state index contributed by atoms with van der Waals surface area (Å²) in [5.41, 5.74) is 0.781. The molecule has 0 radical (unpaired) electrons. The predicted molar refractivity (Wildman–Crippen MR) is 78.9 cm³/mol. The van der Waals surface area contributed by atoms with Gasteiger partial charge in [0.05, 0.1) is 22.1 Å². The van der Waals surface area contributed by atoms with Gasteiger partial charge in [-0.05, 0) is 13.0 Å². The highest BCUT2D eigenvalue weighted by Crippen LogP contribution is 2.33. The molecule has 1 aromatic rings. The number of hydrogen-bond acceptors (Lipinski definition) is 4. The molecule has 0 fully saturated rings. The molecule has 0 saturated carbocycles. The van der Waals surface area contributed by atoms with Gasteiger partial charge in [0.25, 0.3) is 11.6 Å². The van der Waals surface area contributed by atoms with Crippen LogP contribution in [0.5, 0.6) is 0 Å². The van der Waals surface area contributed by atoms with Crippen LogP contribution in [0.3, 0.4) is 0 Å². The van der Waals surface area contributed by atoms with Gasteiger partial charge < -0.3 is 15.5 Å². The number of carbonyl (C=O) groups excluding carboxylic acids is 2. The SMILES string of the molecule is CC1=C(C(=O)N(C)C)C(c2ccccc2[N+](=O)[O-])NC(=O)N1. The lowest BCUT2D eigenvalue weighted by Gasteiger charge is -2.29. The van der Waals surface area contributed by atoms with E-state index in [4.69, 9.17) is 0 Å². The van der Waals surface area contributed by atoms with Gasteiger partial charge in [-0.15, -0.1) is 0 Å². The van der Waals surface area contributed by atoms with Gasteiger partial charge >= 0.3 is 6.03 Å². The maximum atomic E-state index is 12.4. The molecule has 0 aliphatic carbocycles. The first kappa shape index (κ1) is 15.5. The molecule has 0 aromatic heterocycles. The minimum absolute atomic E-state index is 0.147. The van der Waals surface area contributed by atoms with Crippen LogP contribution in [0.1, 0.15) is 18.5 Å². The molecule has 3 amide bonds. The van der Waals surface area contributed by atoms with Crippen molar-refractivity contribution in [1.29, 1.82) is 0 Å². The highest BCUT2D eigenvalue weighted by atomic mass is 16.6. The van der Waals surface area contributed by atoms with E-state index in [2.05, 4.69) is 10.6 Å². The van der Waals surface area contributed by atoms with Gasteiger partial charge in [0.15, 0.2) is 0 Å². The number of nitro groups is 1. The summed E-state index contributed by atoms with van der Waals surface area (Å²) >= 11 is 0. The van der Waals surface area contributed by atoms with Gasteiger partial charge in [-0.3, -0.25) is 14.9 Å². The number of amides is 3. The molecule has 1 unspecified atom stereocenters. The fourth-order valence-electron chi connectivity index (χ4n) is 2.35.